The summed E-state index contributed by atoms with van der Waals surface area (Å²) in [6.07, 6.45) is 5.07. The second-order valence-electron chi connectivity index (χ2n) is 9.95. The van der Waals surface area contributed by atoms with Gasteiger partial charge in [-0.15, -0.1) is 0 Å². The molecule has 1 aliphatic rings. The van der Waals surface area contributed by atoms with Crippen LogP contribution in [-0.2, 0) is 5.41 Å². The van der Waals surface area contributed by atoms with Gasteiger partial charge in [-0.05, 0) is 67.6 Å². The first kappa shape index (κ1) is 23.6. The number of amides is 2. The summed E-state index contributed by atoms with van der Waals surface area (Å²) in [4.78, 5) is 12.5. The Balaban J connectivity index is 1.42. The van der Waals surface area contributed by atoms with Crippen molar-refractivity contribution in [1.29, 1.82) is 0 Å². The maximum atomic E-state index is 12.5. The van der Waals surface area contributed by atoms with E-state index in [9.17, 15) is 4.79 Å². The van der Waals surface area contributed by atoms with Crippen LogP contribution in [0.2, 0.25) is 0 Å². The molecule has 4 rings (SSSR count). The minimum absolute atomic E-state index is 0.0310. The van der Waals surface area contributed by atoms with Gasteiger partial charge in [-0.1, -0.05) is 45.1 Å². The number of methoxy groups -OCH3 is 1. The number of benzene rings is 2. The van der Waals surface area contributed by atoms with Gasteiger partial charge < -0.3 is 15.4 Å². The van der Waals surface area contributed by atoms with Crippen molar-refractivity contribution in [3.05, 3.63) is 83.2 Å². The summed E-state index contributed by atoms with van der Waals surface area (Å²) >= 11 is 0. The van der Waals surface area contributed by atoms with Gasteiger partial charge in [-0.25, -0.2) is 9.48 Å². The molecule has 0 saturated carbocycles. The minimum Gasteiger partial charge on any atom is -0.497 e. The van der Waals surface area contributed by atoms with Gasteiger partial charge >= 0.3 is 6.03 Å². The van der Waals surface area contributed by atoms with Crippen LogP contribution in [0.5, 0.6) is 5.75 Å². The van der Waals surface area contributed by atoms with Crippen molar-refractivity contribution in [2.24, 2.45) is 0 Å². The summed E-state index contributed by atoms with van der Waals surface area (Å²) in [5.41, 5.74) is 6.61. The molecule has 0 fully saturated rings. The molecular formula is C28H34N4O2. The Morgan fingerprint density at radius 3 is 2.32 bits per heavy atom. The average Bonchev–Trinajstić information content (AvgIpc) is 3.36. The predicted octanol–water partition coefficient (Wildman–Crippen LogP) is 6.03. The standard InChI is InChI=1S/C28H34N4O2/c1-18-26(19(2)32(31-18)24-13-8-21(9-14-24)28(3,4)5)20-7-10-23(17-20)30-27(33)29-22-11-15-25(34-6)16-12-22/h7-16,20,23H,17H2,1-6H3,(H2,29,30,33)/t20-,23+/m0/s1. The van der Waals surface area contributed by atoms with E-state index in [1.165, 1.54) is 11.1 Å². The van der Waals surface area contributed by atoms with E-state index in [2.05, 4.69) is 81.7 Å². The Morgan fingerprint density at radius 2 is 1.71 bits per heavy atom. The number of allylic oxidation sites excluding steroid dienone is 1. The molecule has 1 aliphatic carbocycles. The summed E-state index contributed by atoms with van der Waals surface area (Å²) in [6, 6.07) is 15.7. The molecule has 1 aromatic heterocycles. The van der Waals surface area contributed by atoms with Crippen LogP contribution in [0.25, 0.3) is 5.69 Å². The number of aromatic nitrogens is 2. The number of carbonyl (C=O) groups excluding carboxylic acids is 1. The zero-order valence-corrected chi connectivity index (χ0v) is 20.8. The van der Waals surface area contributed by atoms with Gasteiger partial charge in [0.15, 0.2) is 0 Å². The maximum absolute atomic E-state index is 12.5. The Bertz CT molecular complexity index is 1180. The van der Waals surface area contributed by atoms with Gasteiger partial charge in [0.25, 0.3) is 0 Å². The van der Waals surface area contributed by atoms with Crippen LogP contribution in [0.4, 0.5) is 10.5 Å². The number of rotatable bonds is 5. The van der Waals surface area contributed by atoms with Crippen LogP contribution >= 0.6 is 0 Å². The van der Waals surface area contributed by atoms with Crippen molar-refractivity contribution in [2.45, 2.75) is 58.4 Å². The third kappa shape index (κ3) is 5.01. The molecule has 6 heteroatoms. The average molecular weight is 459 g/mol. The van der Waals surface area contributed by atoms with Gasteiger partial charge in [-0.3, -0.25) is 0 Å². The molecule has 0 radical (unpaired) electrons. The molecule has 2 amide bonds. The SMILES string of the molecule is COc1ccc(NC(=O)N[C@@H]2C=C[C@H](c3c(C)nn(-c4ccc(C(C)(C)C)cc4)c3C)C2)cc1. The van der Waals surface area contributed by atoms with Gasteiger partial charge in [0, 0.05) is 28.9 Å². The lowest BCUT2D eigenvalue weighted by Gasteiger charge is -2.19. The zero-order valence-electron chi connectivity index (χ0n) is 20.8. The van der Waals surface area contributed by atoms with Crippen LogP contribution in [0.1, 0.15) is 55.6 Å². The molecule has 34 heavy (non-hydrogen) atoms. The predicted molar refractivity (Wildman–Crippen MR) is 137 cm³/mol. The Kier molecular flexibility index (Phi) is 6.51. The minimum atomic E-state index is -0.219. The lowest BCUT2D eigenvalue weighted by atomic mass is 9.87. The van der Waals surface area contributed by atoms with Crippen LogP contribution < -0.4 is 15.4 Å². The molecule has 0 bridgehead atoms. The fourth-order valence-electron chi connectivity index (χ4n) is 4.58. The molecule has 2 N–H and O–H groups in total. The van der Waals surface area contributed by atoms with Crippen molar-refractivity contribution in [2.75, 3.05) is 12.4 Å². The number of anilines is 1. The highest BCUT2D eigenvalue weighted by Crippen LogP contribution is 2.34. The van der Waals surface area contributed by atoms with E-state index >= 15 is 0 Å². The van der Waals surface area contributed by atoms with E-state index in [0.29, 0.717) is 0 Å². The van der Waals surface area contributed by atoms with E-state index in [1.807, 2.05) is 28.9 Å². The normalized spacial score (nSPS) is 17.6. The highest BCUT2D eigenvalue weighted by molar-refractivity contribution is 5.89. The third-order valence-corrected chi connectivity index (χ3v) is 6.44. The van der Waals surface area contributed by atoms with E-state index < -0.39 is 0 Å². The fourth-order valence-corrected chi connectivity index (χ4v) is 4.58. The van der Waals surface area contributed by atoms with Crippen LogP contribution in [0, 0.1) is 13.8 Å². The summed E-state index contributed by atoms with van der Waals surface area (Å²) in [7, 11) is 1.62. The second-order valence-corrected chi connectivity index (χ2v) is 9.95. The number of hydrogen-bond donors (Lipinski definition) is 2. The van der Waals surface area contributed by atoms with E-state index in [1.54, 1.807) is 7.11 Å². The topological polar surface area (TPSA) is 68.2 Å². The van der Waals surface area contributed by atoms with E-state index in [-0.39, 0.29) is 23.4 Å². The molecule has 0 aliphatic heterocycles. The van der Waals surface area contributed by atoms with Crippen molar-refractivity contribution < 1.29 is 9.53 Å². The van der Waals surface area contributed by atoms with Crippen molar-refractivity contribution in [3.8, 4) is 11.4 Å². The van der Waals surface area contributed by atoms with Gasteiger partial charge in [0.05, 0.1) is 18.5 Å². The Morgan fingerprint density at radius 1 is 1.03 bits per heavy atom. The molecular weight excluding hydrogens is 424 g/mol. The molecule has 6 nitrogen and oxygen atoms in total. The zero-order chi connectivity index (χ0) is 24.5. The number of urea groups is 1. The Labute approximate surface area is 202 Å². The summed E-state index contributed by atoms with van der Waals surface area (Å²) < 4.78 is 7.19. The number of carbonyl (C=O) groups is 1. The van der Waals surface area contributed by atoms with E-state index in [0.717, 1.165) is 34.9 Å². The second kappa shape index (κ2) is 9.37. The first-order chi connectivity index (χ1) is 16.2. The summed E-state index contributed by atoms with van der Waals surface area (Å²) in [6.45, 7) is 10.8. The van der Waals surface area contributed by atoms with Crippen molar-refractivity contribution in [1.82, 2.24) is 15.1 Å². The quantitative estimate of drug-likeness (QED) is 0.459. The molecule has 1 heterocycles. The molecule has 0 saturated heterocycles. The highest BCUT2D eigenvalue weighted by atomic mass is 16.5. The van der Waals surface area contributed by atoms with Gasteiger partial charge in [-0.2, -0.15) is 5.10 Å². The van der Waals surface area contributed by atoms with Gasteiger partial charge in [0.2, 0.25) is 0 Å². The van der Waals surface area contributed by atoms with Crippen LogP contribution in [-0.4, -0.2) is 29.0 Å². The van der Waals surface area contributed by atoms with Crippen LogP contribution in [0.3, 0.4) is 0 Å². The number of ether oxygens (including phenoxy) is 1. The number of nitrogens with zero attached hydrogens (tertiary/aromatic N) is 2. The van der Waals surface area contributed by atoms with Crippen LogP contribution in [0.15, 0.2) is 60.7 Å². The number of aryl methyl sites for hydroxylation is 1. The molecule has 3 aromatic rings. The lowest BCUT2D eigenvalue weighted by molar-refractivity contribution is 0.250. The lowest BCUT2D eigenvalue weighted by Crippen LogP contribution is -2.36. The summed E-state index contributed by atoms with van der Waals surface area (Å²) in [5.74, 6) is 0.970. The van der Waals surface area contributed by atoms with E-state index in [4.69, 9.17) is 9.84 Å². The monoisotopic (exact) mass is 458 g/mol. The largest absolute Gasteiger partial charge is 0.497 e. The highest BCUT2D eigenvalue weighted by Gasteiger charge is 2.27. The Hall–Kier alpha value is -3.54. The third-order valence-electron chi connectivity index (χ3n) is 6.44. The van der Waals surface area contributed by atoms with Crippen molar-refractivity contribution in [3.63, 3.8) is 0 Å². The summed E-state index contributed by atoms with van der Waals surface area (Å²) in [5, 5.41) is 10.8. The first-order valence-corrected chi connectivity index (χ1v) is 11.7. The molecule has 0 spiro atoms. The maximum Gasteiger partial charge on any atom is 0.319 e. The molecule has 178 valence electrons. The molecule has 0 unspecified atom stereocenters. The fraction of sp³-hybridized carbons (Fsp3) is 0.357. The number of hydrogen-bond acceptors (Lipinski definition) is 3. The van der Waals surface area contributed by atoms with Crippen molar-refractivity contribution >= 4 is 11.7 Å². The molecule has 2 aromatic carbocycles. The van der Waals surface area contributed by atoms with Gasteiger partial charge in [0.1, 0.15) is 5.75 Å². The first-order valence-electron chi connectivity index (χ1n) is 11.7. The number of nitrogens with one attached hydrogen (secondary N) is 2. The molecule has 2 atom stereocenters. The smallest absolute Gasteiger partial charge is 0.319 e.